The van der Waals surface area contributed by atoms with Gasteiger partial charge in [-0.3, -0.25) is 10.1 Å². The minimum absolute atomic E-state index is 0.0331. The molecule has 0 radical (unpaired) electrons. The van der Waals surface area contributed by atoms with Gasteiger partial charge in [-0.1, -0.05) is 6.92 Å². The van der Waals surface area contributed by atoms with Crippen molar-refractivity contribution in [2.75, 3.05) is 19.7 Å². The largest absolute Gasteiger partial charge is 0.484 e. The molecule has 0 aliphatic carbocycles. The lowest BCUT2D eigenvalue weighted by atomic mass is 10.1. The second-order valence-corrected chi connectivity index (χ2v) is 4.62. The van der Waals surface area contributed by atoms with Crippen LogP contribution in [0.5, 0.6) is 5.75 Å². The molecule has 1 aromatic rings. The molecule has 0 saturated carbocycles. The summed E-state index contributed by atoms with van der Waals surface area (Å²) in [5.41, 5.74) is -1.25. The van der Waals surface area contributed by atoms with Crippen molar-refractivity contribution in [3.05, 3.63) is 33.9 Å². The topological polar surface area (TPSA) is 108 Å². The Bertz CT molecular complexity index is 523. The van der Waals surface area contributed by atoms with E-state index >= 15 is 0 Å². The van der Waals surface area contributed by atoms with Crippen molar-refractivity contribution in [2.24, 2.45) is 0 Å². The first-order chi connectivity index (χ1) is 9.39. The maximum absolute atomic E-state index is 10.9. The number of nitriles is 1. The third-order valence-corrected chi connectivity index (χ3v) is 2.58. The Kier molecular flexibility index (Phi) is 5.43. The maximum atomic E-state index is 10.9. The van der Waals surface area contributed by atoms with E-state index in [0.29, 0.717) is 13.1 Å². The third kappa shape index (κ3) is 4.50. The number of hydrogen-bond acceptors (Lipinski definition) is 6. The van der Waals surface area contributed by atoms with Crippen LogP contribution in [0, 0.1) is 21.4 Å². The predicted molar refractivity (Wildman–Crippen MR) is 72.5 cm³/mol. The van der Waals surface area contributed by atoms with Crippen molar-refractivity contribution in [3.63, 3.8) is 0 Å². The summed E-state index contributed by atoms with van der Waals surface area (Å²) in [6.07, 6.45) is 0. The van der Waals surface area contributed by atoms with Gasteiger partial charge in [0, 0.05) is 12.6 Å². The number of aliphatic hydroxyl groups is 1. The summed E-state index contributed by atoms with van der Waals surface area (Å²) in [5, 5.41) is 32.7. The van der Waals surface area contributed by atoms with E-state index in [-0.39, 0.29) is 23.6 Å². The van der Waals surface area contributed by atoms with Gasteiger partial charge >= 0.3 is 5.69 Å². The van der Waals surface area contributed by atoms with Gasteiger partial charge in [0.05, 0.1) is 16.6 Å². The molecule has 1 aromatic carbocycles. The summed E-state index contributed by atoms with van der Waals surface area (Å²) in [6.45, 7) is 4.40. The molecule has 7 nitrogen and oxygen atoms in total. The number of nitro benzene ring substituents is 1. The number of nitro groups is 1. The van der Waals surface area contributed by atoms with Crippen LogP contribution >= 0.6 is 0 Å². The second kappa shape index (κ2) is 6.84. The lowest BCUT2D eigenvalue weighted by Crippen LogP contribution is -2.42. The Morgan fingerprint density at radius 1 is 1.60 bits per heavy atom. The zero-order chi connectivity index (χ0) is 15.2. The number of nitrogens with one attached hydrogen (secondary N) is 1. The molecule has 20 heavy (non-hydrogen) atoms. The zero-order valence-electron chi connectivity index (χ0n) is 11.4. The fourth-order valence-corrected chi connectivity index (χ4v) is 1.53. The van der Waals surface area contributed by atoms with Crippen LogP contribution in [0.15, 0.2) is 18.2 Å². The average Bonchev–Trinajstić information content (AvgIpc) is 2.42. The highest BCUT2D eigenvalue weighted by atomic mass is 16.6. The highest BCUT2D eigenvalue weighted by Gasteiger charge is 2.23. The molecule has 1 rings (SSSR count). The van der Waals surface area contributed by atoms with Crippen LogP contribution in [0.25, 0.3) is 0 Å². The number of rotatable bonds is 7. The number of hydrogen-bond donors (Lipinski definition) is 2. The molecule has 0 spiro atoms. The van der Waals surface area contributed by atoms with E-state index in [1.807, 2.05) is 13.0 Å². The van der Waals surface area contributed by atoms with Gasteiger partial charge in [-0.15, -0.1) is 0 Å². The van der Waals surface area contributed by atoms with E-state index in [1.165, 1.54) is 12.1 Å². The molecule has 2 N–H and O–H groups in total. The van der Waals surface area contributed by atoms with Gasteiger partial charge in [0.25, 0.3) is 0 Å². The fraction of sp³-hybridized carbons (Fsp3) is 0.462. The smallest absolute Gasteiger partial charge is 0.312 e. The Balaban J connectivity index is 2.82. The number of benzene rings is 1. The summed E-state index contributed by atoms with van der Waals surface area (Å²) in [6, 6.07) is 5.77. The quantitative estimate of drug-likeness (QED) is 0.573. The molecule has 7 heteroatoms. The van der Waals surface area contributed by atoms with Gasteiger partial charge in [0.15, 0.2) is 5.75 Å². The van der Waals surface area contributed by atoms with Crippen molar-refractivity contribution in [1.82, 2.24) is 5.32 Å². The van der Waals surface area contributed by atoms with Crippen molar-refractivity contribution < 1.29 is 14.8 Å². The predicted octanol–water partition coefficient (Wildman–Crippen LogP) is 1.21. The monoisotopic (exact) mass is 279 g/mol. The van der Waals surface area contributed by atoms with Crippen LogP contribution in [-0.2, 0) is 0 Å². The molecular formula is C13H17N3O4. The molecule has 0 aromatic heterocycles. The number of likely N-dealkylation sites (N-methyl/N-ethyl adjacent to an activating group) is 1. The minimum atomic E-state index is -1.14. The van der Waals surface area contributed by atoms with Gasteiger partial charge in [0.1, 0.15) is 12.2 Å². The number of ether oxygens (including phenoxy) is 1. The Morgan fingerprint density at radius 3 is 2.85 bits per heavy atom. The lowest BCUT2D eigenvalue weighted by molar-refractivity contribution is -0.386. The summed E-state index contributed by atoms with van der Waals surface area (Å²) in [5.74, 6) is 0.0331. The molecular weight excluding hydrogens is 262 g/mol. The molecule has 0 bridgehead atoms. The first-order valence-corrected chi connectivity index (χ1v) is 6.14. The highest BCUT2D eigenvalue weighted by Crippen LogP contribution is 2.28. The standard InChI is InChI=1S/C13H17N3O4/c1-3-15-8-13(2,17)9-20-12-5-4-10(7-14)6-11(12)16(18)19/h4-6,15,17H,3,8-9H2,1-2H3. The summed E-state index contributed by atoms with van der Waals surface area (Å²) in [7, 11) is 0. The molecule has 1 unspecified atom stereocenters. The van der Waals surface area contributed by atoms with Crippen LogP contribution in [0.3, 0.4) is 0 Å². The Labute approximate surface area is 116 Å². The summed E-state index contributed by atoms with van der Waals surface area (Å²) < 4.78 is 5.32. The van der Waals surface area contributed by atoms with Crippen LogP contribution in [0.4, 0.5) is 5.69 Å². The van der Waals surface area contributed by atoms with E-state index in [1.54, 1.807) is 6.92 Å². The summed E-state index contributed by atoms with van der Waals surface area (Å²) in [4.78, 5) is 10.3. The summed E-state index contributed by atoms with van der Waals surface area (Å²) >= 11 is 0. The minimum Gasteiger partial charge on any atom is -0.484 e. The van der Waals surface area contributed by atoms with E-state index in [4.69, 9.17) is 10.00 Å². The van der Waals surface area contributed by atoms with Crippen molar-refractivity contribution in [2.45, 2.75) is 19.4 Å². The van der Waals surface area contributed by atoms with Crippen molar-refractivity contribution >= 4 is 5.69 Å². The average molecular weight is 279 g/mol. The van der Waals surface area contributed by atoms with E-state index in [2.05, 4.69) is 5.32 Å². The van der Waals surface area contributed by atoms with Crippen molar-refractivity contribution in [3.8, 4) is 11.8 Å². The maximum Gasteiger partial charge on any atom is 0.312 e. The van der Waals surface area contributed by atoms with Gasteiger partial charge in [0.2, 0.25) is 0 Å². The SMILES string of the molecule is CCNCC(C)(O)COc1ccc(C#N)cc1[N+](=O)[O-]. The molecule has 108 valence electrons. The molecule has 0 aliphatic rings. The van der Waals surface area contributed by atoms with Crippen molar-refractivity contribution in [1.29, 1.82) is 5.26 Å². The Morgan fingerprint density at radius 2 is 2.30 bits per heavy atom. The highest BCUT2D eigenvalue weighted by molar-refractivity contribution is 5.51. The second-order valence-electron chi connectivity index (χ2n) is 4.62. The van der Waals surface area contributed by atoms with Gasteiger partial charge in [-0.25, -0.2) is 0 Å². The molecule has 1 atom stereocenters. The van der Waals surface area contributed by atoms with Gasteiger partial charge < -0.3 is 15.2 Å². The molecule has 0 fully saturated rings. The van der Waals surface area contributed by atoms with E-state index < -0.39 is 10.5 Å². The van der Waals surface area contributed by atoms with E-state index in [0.717, 1.165) is 6.07 Å². The normalized spacial score (nSPS) is 13.3. The first kappa shape index (κ1) is 15.9. The van der Waals surface area contributed by atoms with E-state index in [9.17, 15) is 15.2 Å². The first-order valence-electron chi connectivity index (χ1n) is 6.14. The lowest BCUT2D eigenvalue weighted by Gasteiger charge is -2.23. The molecule has 0 heterocycles. The van der Waals surface area contributed by atoms with Crippen LogP contribution in [0.1, 0.15) is 19.4 Å². The fourth-order valence-electron chi connectivity index (χ4n) is 1.53. The van der Waals surface area contributed by atoms with Crippen LogP contribution in [-0.4, -0.2) is 35.3 Å². The van der Waals surface area contributed by atoms with Gasteiger partial charge in [-0.2, -0.15) is 5.26 Å². The molecule has 0 aliphatic heterocycles. The third-order valence-electron chi connectivity index (χ3n) is 2.58. The zero-order valence-corrected chi connectivity index (χ0v) is 11.4. The Hall–Kier alpha value is -2.17. The van der Waals surface area contributed by atoms with Crippen LogP contribution in [0.2, 0.25) is 0 Å². The number of nitrogens with zero attached hydrogens (tertiary/aromatic N) is 2. The molecule has 0 saturated heterocycles. The molecule has 0 amide bonds. The van der Waals surface area contributed by atoms with Gasteiger partial charge in [-0.05, 0) is 25.6 Å². The van der Waals surface area contributed by atoms with Crippen LogP contribution < -0.4 is 10.1 Å².